The van der Waals surface area contributed by atoms with Crippen LogP contribution in [-0.2, 0) is 6.54 Å². The largest absolute Gasteiger partial charge is 0.465 e. The van der Waals surface area contributed by atoms with Gasteiger partial charge in [-0.3, -0.25) is 9.69 Å². The Morgan fingerprint density at radius 2 is 2.04 bits per heavy atom. The predicted octanol–water partition coefficient (Wildman–Crippen LogP) is 2.13. The Balaban J connectivity index is 1.34. The highest BCUT2D eigenvalue weighted by Gasteiger charge is 2.29. The molecule has 5 rings (SSSR count). The summed E-state index contributed by atoms with van der Waals surface area (Å²) in [6.45, 7) is 4.73. The monoisotopic (exact) mass is 354 g/mol. The first-order chi connectivity index (χ1) is 12.7. The van der Waals surface area contributed by atoms with Gasteiger partial charge in [-0.25, -0.2) is 9.67 Å². The quantitative estimate of drug-likeness (QED) is 0.771. The van der Waals surface area contributed by atoms with Crippen LogP contribution in [0.25, 0.3) is 11.2 Å². The van der Waals surface area contributed by atoms with Gasteiger partial charge in [0, 0.05) is 19.0 Å². The minimum atomic E-state index is -0.172. The number of nitrogens with zero attached hydrogens (tertiary/aromatic N) is 5. The van der Waals surface area contributed by atoms with Crippen LogP contribution in [-0.4, -0.2) is 43.0 Å². The highest BCUT2D eigenvalue weighted by Crippen LogP contribution is 2.38. The molecule has 0 amide bonds. The zero-order valence-corrected chi connectivity index (χ0v) is 14.8. The fourth-order valence-electron chi connectivity index (χ4n) is 3.77. The Morgan fingerprint density at radius 1 is 1.23 bits per heavy atom. The number of nitrogens with one attached hydrogen (secondary N) is 1. The summed E-state index contributed by atoms with van der Waals surface area (Å²) >= 11 is 0. The van der Waals surface area contributed by atoms with Crippen LogP contribution in [0.15, 0.2) is 21.3 Å². The van der Waals surface area contributed by atoms with Gasteiger partial charge < -0.3 is 9.40 Å². The molecule has 0 unspecified atom stereocenters. The predicted molar refractivity (Wildman–Crippen MR) is 94.9 cm³/mol. The number of aromatic amines is 1. The summed E-state index contributed by atoms with van der Waals surface area (Å²) in [5.41, 5.74) is 0.812. The van der Waals surface area contributed by atoms with Crippen LogP contribution in [0.2, 0.25) is 0 Å². The van der Waals surface area contributed by atoms with E-state index in [-0.39, 0.29) is 11.6 Å². The first-order valence-corrected chi connectivity index (χ1v) is 9.30. The molecule has 1 N–H and O–H groups in total. The molecule has 8 nitrogen and oxygen atoms in total. The summed E-state index contributed by atoms with van der Waals surface area (Å²) in [6, 6.07) is 4.28. The molecule has 0 atom stereocenters. The molecule has 2 fully saturated rings. The van der Waals surface area contributed by atoms with E-state index >= 15 is 0 Å². The highest BCUT2D eigenvalue weighted by molar-refractivity contribution is 5.68. The minimum Gasteiger partial charge on any atom is -0.465 e. The van der Waals surface area contributed by atoms with Crippen molar-refractivity contribution in [2.24, 2.45) is 0 Å². The normalized spacial score (nSPS) is 19.4. The van der Waals surface area contributed by atoms with E-state index < -0.39 is 0 Å². The van der Waals surface area contributed by atoms with E-state index in [1.54, 1.807) is 0 Å². The first kappa shape index (κ1) is 15.7. The Kier molecular flexibility index (Phi) is 3.66. The summed E-state index contributed by atoms with van der Waals surface area (Å²) < 4.78 is 7.55. The Hall–Kier alpha value is -2.48. The van der Waals surface area contributed by atoms with E-state index in [1.807, 2.05) is 23.7 Å². The summed E-state index contributed by atoms with van der Waals surface area (Å²) in [6.07, 6.45) is 4.12. The van der Waals surface area contributed by atoms with E-state index in [1.165, 1.54) is 0 Å². The maximum Gasteiger partial charge on any atom is 0.281 e. The zero-order valence-electron chi connectivity index (χ0n) is 14.8. The lowest BCUT2D eigenvalue weighted by Crippen LogP contribution is -2.34. The van der Waals surface area contributed by atoms with Gasteiger partial charge in [-0.2, -0.15) is 0 Å². The molecular formula is C18H22N6O2. The molecule has 26 heavy (non-hydrogen) atoms. The topological polar surface area (TPSA) is 92.8 Å². The van der Waals surface area contributed by atoms with Gasteiger partial charge in [-0.15, -0.1) is 5.10 Å². The van der Waals surface area contributed by atoms with Crippen LogP contribution in [0.4, 0.5) is 0 Å². The molecule has 136 valence electrons. The van der Waals surface area contributed by atoms with Crippen molar-refractivity contribution in [1.82, 2.24) is 29.9 Å². The van der Waals surface area contributed by atoms with Gasteiger partial charge in [0.1, 0.15) is 17.3 Å². The molecule has 1 saturated carbocycles. The van der Waals surface area contributed by atoms with Crippen LogP contribution < -0.4 is 5.56 Å². The second-order valence-corrected chi connectivity index (χ2v) is 7.45. The Labute approximate surface area is 150 Å². The molecule has 2 aliphatic rings. The van der Waals surface area contributed by atoms with Crippen molar-refractivity contribution >= 4 is 11.2 Å². The minimum absolute atomic E-state index is 0.172. The van der Waals surface area contributed by atoms with E-state index in [0.717, 1.165) is 62.7 Å². The van der Waals surface area contributed by atoms with Gasteiger partial charge in [0.2, 0.25) is 0 Å². The number of fused-ring (bicyclic) bond motifs is 1. The van der Waals surface area contributed by atoms with Crippen molar-refractivity contribution < 1.29 is 4.42 Å². The number of aromatic nitrogens is 5. The fourth-order valence-corrected chi connectivity index (χ4v) is 3.77. The van der Waals surface area contributed by atoms with Crippen molar-refractivity contribution in [3.63, 3.8) is 0 Å². The maximum absolute atomic E-state index is 12.3. The molecular weight excluding hydrogens is 332 g/mol. The lowest BCUT2D eigenvalue weighted by Gasteiger charge is -2.31. The van der Waals surface area contributed by atoms with Gasteiger partial charge in [0.25, 0.3) is 5.56 Å². The molecule has 0 radical (unpaired) electrons. The van der Waals surface area contributed by atoms with E-state index in [0.29, 0.717) is 17.1 Å². The number of furan rings is 1. The average molecular weight is 354 g/mol. The van der Waals surface area contributed by atoms with Gasteiger partial charge >= 0.3 is 0 Å². The smallest absolute Gasteiger partial charge is 0.281 e. The van der Waals surface area contributed by atoms with Crippen molar-refractivity contribution in [2.75, 3.05) is 13.1 Å². The van der Waals surface area contributed by atoms with E-state index in [9.17, 15) is 4.79 Å². The number of H-pyrrole nitrogens is 1. The third kappa shape index (κ3) is 2.84. The Bertz CT molecular complexity index is 991. The molecule has 3 aromatic rings. The number of likely N-dealkylation sites (tertiary alicyclic amines) is 1. The van der Waals surface area contributed by atoms with Crippen molar-refractivity contribution in [1.29, 1.82) is 0 Å². The second kappa shape index (κ2) is 6.05. The van der Waals surface area contributed by atoms with Crippen LogP contribution in [0.5, 0.6) is 0 Å². The molecule has 1 aliphatic carbocycles. The maximum atomic E-state index is 12.3. The standard InChI is InChI=1S/C18H22N6O2/c1-11-2-5-14(26-11)10-23-8-6-13(7-9-23)24-17-15(21-22-24)18(25)20-16(19-17)12-3-4-12/h2,5,12-13H,3-4,6-10H2,1H3,(H,19,20,25). The first-order valence-electron chi connectivity index (χ1n) is 9.30. The van der Waals surface area contributed by atoms with Crippen molar-refractivity contribution in [3.05, 3.63) is 39.8 Å². The van der Waals surface area contributed by atoms with E-state index in [4.69, 9.17) is 4.42 Å². The number of piperidine rings is 1. The van der Waals surface area contributed by atoms with Crippen molar-refractivity contribution in [2.45, 2.75) is 51.1 Å². The molecule has 1 aliphatic heterocycles. The Morgan fingerprint density at radius 3 is 2.73 bits per heavy atom. The molecule has 1 saturated heterocycles. The highest BCUT2D eigenvalue weighted by atomic mass is 16.3. The molecule has 0 bridgehead atoms. The lowest BCUT2D eigenvalue weighted by molar-refractivity contribution is 0.163. The molecule has 8 heteroatoms. The van der Waals surface area contributed by atoms with Crippen LogP contribution in [0.1, 0.15) is 55.0 Å². The van der Waals surface area contributed by atoms with Crippen LogP contribution in [0, 0.1) is 6.92 Å². The molecule has 0 spiro atoms. The lowest BCUT2D eigenvalue weighted by atomic mass is 10.1. The zero-order chi connectivity index (χ0) is 17.7. The van der Waals surface area contributed by atoms with Crippen LogP contribution in [0.3, 0.4) is 0 Å². The summed E-state index contributed by atoms with van der Waals surface area (Å²) in [5.74, 6) is 3.15. The van der Waals surface area contributed by atoms with Gasteiger partial charge in [-0.1, -0.05) is 5.21 Å². The molecule has 4 heterocycles. The van der Waals surface area contributed by atoms with E-state index in [2.05, 4.69) is 25.2 Å². The summed E-state index contributed by atoms with van der Waals surface area (Å²) in [4.78, 5) is 22.2. The third-order valence-electron chi connectivity index (χ3n) is 5.40. The number of aryl methyl sites for hydroxylation is 1. The number of hydrogen-bond acceptors (Lipinski definition) is 6. The third-order valence-corrected chi connectivity index (χ3v) is 5.40. The van der Waals surface area contributed by atoms with Crippen molar-refractivity contribution in [3.8, 4) is 0 Å². The SMILES string of the molecule is Cc1ccc(CN2CCC(n3nnc4c(=O)[nH]c(C5CC5)nc43)CC2)o1. The van der Waals surface area contributed by atoms with Gasteiger partial charge in [0.15, 0.2) is 11.2 Å². The summed E-state index contributed by atoms with van der Waals surface area (Å²) in [5, 5.41) is 8.34. The van der Waals surface area contributed by atoms with Gasteiger partial charge in [-0.05, 0) is 44.7 Å². The number of rotatable bonds is 4. The summed E-state index contributed by atoms with van der Waals surface area (Å²) in [7, 11) is 0. The van der Waals surface area contributed by atoms with Gasteiger partial charge in [0.05, 0.1) is 12.6 Å². The molecule has 0 aromatic carbocycles. The number of hydrogen-bond donors (Lipinski definition) is 1. The van der Waals surface area contributed by atoms with Crippen LogP contribution >= 0.6 is 0 Å². The molecule has 3 aromatic heterocycles. The second-order valence-electron chi connectivity index (χ2n) is 7.45. The fraction of sp³-hybridized carbons (Fsp3) is 0.556. The average Bonchev–Trinajstić information content (AvgIpc) is 3.28.